The standard InChI is InChI=1S/C18H21N5O/c1-13(14-6-7-14)23-17(8-10-20-23)21-18(24)9-11-22-12-19-15-4-2-3-5-16(15)22/h2-5,8,10,12-14H,6-7,9,11H2,1H3,(H,21,24). The van der Waals surface area contributed by atoms with Gasteiger partial charge in [-0.1, -0.05) is 12.1 Å². The summed E-state index contributed by atoms with van der Waals surface area (Å²) < 4.78 is 3.95. The molecule has 1 aromatic carbocycles. The van der Waals surface area contributed by atoms with Crippen LogP contribution in [0.4, 0.5) is 5.82 Å². The van der Waals surface area contributed by atoms with Crippen LogP contribution in [-0.4, -0.2) is 25.2 Å². The Morgan fingerprint density at radius 1 is 1.33 bits per heavy atom. The number of nitrogens with zero attached hydrogens (tertiary/aromatic N) is 4. The van der Waals surface area contributed by atoms with Crippen molar-refractivity contribution in [2.24, 2.45) is 5.92 Å². The Morgan fingerprint density at radius 2 is 2.17 bits per heavy atom. The molecule has 0 bridgehead atoms. The highest BCUT2D eigenvalue weighted by Gasteiger charge is 2.30. The zero-order chi connectivity index (χ0) is 16.5. The van der Waals surface area contributed by atoms with Gasteiger partial charge in [-0.3, -0.25) is 4.79 Å². The van der Waals surface area contributed by atoms with Crippen LogP contribution in [0.25, 0.3) is 11.0 Å². The Balaban J connectivity index is 1.40. The number of hydrogen-bond donors (Lipinski definition) is 1. The minimum Gasteiger partial charge on any atom is -0.330 e. The summed E-state index contributed by atoms with van der Waals surface area (Å²) in [4.78, 5) is 16.7. The fourth-order valence-corrected chi connectivity index (χ4v) is 3.13. The fraction of sp³-hybridized carbons (Fsp3) is 0.389. The maximum absolute atomic E-state index is 12.3. The third-order valence-electron chi connectivity index (χ3n) is 4.73. The number of rotatable bonds is 6. The van der Waals surface area contributed by atoms with Crippen LogP contribution in [0.15, 0.2) is 42.9 Å². The number of hydrogen-bond acceptors (Lipinski definition) is 3. The zero-order valence-corrected chi connectivity index (χ0v) is 13.7. The lowest BCUT2D eigenvalue weighted by molar-refractivity contribution is -0.116. The normalized spacial score (nSPS) is 15.5. The lowest BCUT2D eigenvalue weighted by atomic mass is 10.2. The van der Waals surface area contributed by atoms with E-state index in [4.69, 9.17) is 0 Å². The summed E-state index contributed by atoms with van der Waals surface area (Å²) in [6.07, 6.45) is 6.45. The molecule has 6 nitrogen and oxygen atoms in total. The van der Waals surface area contributed by atoms with Crippen molar-refractivity contribution in [3.8, 4) is 0 Å². The van der Waals surface area contributed by atoms with Crippen LogP contribution in [0, 0.1) is 5.92 Å². The average Bonchev–Trinajstić information content (AvgIpc) is 3.21. The second-order valence-corrected chi connectivity index (χ2v) is 6.46. The third-order valence-corrected chi connectivity index (χ3v) is 4.73. The molecule has 0 aliphatic heterocycles. The highest BCUT2D eigenvalue weighted by molar-refractivity contribution is 5.89. The average molecular weight is 323 g/mol. The minimum absolute atomic E-state index is 0.00229. The highest BCUT2D eigenvalue weighted by Crippen LogP contribution is 2.40. The number of anilines is 1. The summed E-state index contributed by atoms with van der Waals surface area (Å²) in [6, 6.07) is 10.2. The summed E-state index contributed by atoms with van der Waals surface area (Å²) >= 11 is 0. The van der Waals surface area contributed by atoms with Gasteiger partial charge in [0.05, 0.1) is 29.6 Å². The predicted molar refractivity (Wildman–Crippen MR) is 92.6 cm³/mol. The van der Waals surface area contributed by atoms with Crippen LogP contribution in [-0.2, 0) is 11.3 Å². The van der Waals surface area contributed by atoms with Gasteiger partial charge in [0.1, 0.15) is 5.82 Å². The van der Waals surface area contributed by atoms with E-state index in [1.165, 1.54) is 12.8 Å². The van der Waals surface area contributed by atoms with Gasteiger partial charge < -0.3 is 9.88 Å². The Labute approximate surface area is 140 Å². The SMILES string of the molecule is CC(C1CC1)n1nccc1NC(=O)CCn1cnc2ccccc21. The second-order valence-electron chi connectivity index (χ2n) is 6.46. The molecule has 3 aromatic rings. The molecule has 1 saturated carbocycles. The minimum atomic E-state index is -0.00229. The number of aryl methyl sites for hydroxylation is 1. The van der Waals surface area contributed by atoms with Crippen molar-refractivity contribution >= 4 is 22.8 Å². The first kappa shape index (κ1) is 14.9. The van der Waals surface area contributed by atoms with Crippen molar-refractivity contribution in [2.45, 2.75) is 38.8 Å². The van der Waals surface area contributed by atoms with E-state index in [9.17, 15) is 4.79 Å². The van der Waals surface area contributed by atoms with E-state index in [-0.39, 0.29) is 5.91 Å². The van der Waals surface area contributed by atoms with Gasteiger partial charge in [0.25, 0.3) is 0 Å². The largest absolute Gasteiger partial charge is 0.330 e. The molecule has 1 amide bonds. The van der Waals surface area contributed by atoms with E-state index in [0.29, 0.717) is 24.9 Å². The van der Waals surface area contributed by atoms with Crippen LogP contribution >= 0.6 is 0 Å². The Bertz CT molecular complexity index is 861. The summed E-state index contributed by atoms with van der Waals surface area (Å²) in [5.41, 5.74) is 2.01. The Morgan fingerprint density at radius 3 is 3.00 bits per heavy atom. The number of nitrogens with one attached hydrogen (secondary N) is 1. The number of carbonyl (C=O) groups excluding carboxylic acids is 1. The Kier molecular flexibility index (Phi) is 3.80. The lowest BCUT2D eigenvalue weighted by Crippen LogP contribution is -2.19. The first-order valence-corrected chi connectivity index (χ1v) is 8.45. The topological polar surface area (TPSA) is 64.7 Å². The quantitative estimate of drug-likeness (QED) is 0.757. The van der Waals surface area contributed by atoms with Crippen LogP contribution < -0.4 is 5.32 Å². The Hall–Kier alpha value is -2.63. The van der Waals surface area contributed by atoms with Gasteiger partial charge in [0, 0.05) is 19.0 Å². The molecule has 0 spiro atoms. The molecule has 0 radical (unpaired) electrons. The van der Waals surface area contributed by atoms with E-state index in [2.05, 4.69) is 22.3 Å². The van der Waals surface area contributed by atoms with Gasteiger partial charge in [-0.15, -0.1) is 0 Å². The molecule has 0 saturated heterocycles. The molecular weight excluding hydrogens is 302 g/mol. The molecule has 2 heterocycles. The van der Waals surface area contributed by atoms with Crippen molar-refractivity contribution in [3.63, 3.8) is 0 Å². The lowest BCUT2D eigenvalue weighted by Gasteiger charge is -2.15. The van der Waals surface area contributed by atoms with Crippen LogP contribution in [0.2, 0.25) is 0 Å². The molecule has 24 heavy (non-hydrogen) atoms. The number of aromatic nitrogens is 4. The molecule has 2 aromatic heterocycles. The van der Waals surface area contributed by atoms with E-state index < -0.39 is 0 Å². The summed E-state index contributed by atoms with van der Waals surface area (Å²) in [6.45, 7) is 2.77. The summed E-state index contributed by atoms with van der Waals surface area (Å²) in [5.74, 6) is 1.48. The number of imidazole rings is 1. The van der Waals surface area contributed by atoms with Crippen molar-refractivity contribution in [1.29, 1.82) is 0 Å². The van der Waals surface area contributed by atoms with Gasteiger partial charge >= 0.3 is 0 Å². The molecule has 1 unspecified atom stereocenters. The molecule has 6 heteroatoms. The van der Waals surface area contributed by atoms with Crippen molar-refractivity contribution in [1.82, 2.24) is 19.3 Å². The first-order chi connectivity index (χ1) is 11.7. The van der Waals surface area contributed by atoms with Crippen LogP contribution in [0.1, 0.15) is 32.2 Å². The molecule has 1 aliphatic rings. The van der Waals surface area contributed by atoms with Crippen LogP contribution in [0.3, 0.4) is 0 Å². The zero-order valence-electron chi connectivity index (χ0n) is 13.7. The van der Waals surface area contributed by atoms with Gasteiger partial charge in [-0.05, 0) is 37.8 Å². The first-order valence-electron chi connectivity index (χ1n) is 8.45. The number of amides is 1. The molecule has 4 rings (SSSR count). The van der Waals surface area contributed by atoms with E-state index in [1.807, 2.05) is 39.6 Å². The number of carbonyl (C=O) groups is 1. The van der Waals surface area contributed by atoms with E-state index in [0.717, 1.165) is 16.9 Å². The van der Waals surface area contributed by atoms with E-state index >= 15 is 0 Å². The summed E-state index contributed by atoms with van der Waals surface area (Å²) in [5, 5.41) is 7.36. The number of benzene rings is 1. The number of fused-ring (bicyclic) bond motifs is 1. The van der Waals surface area contributed by atoms with E-state index in [1.54, 1.807) is 12.5 Å². The van der Waals surface area contributed by atoms with Gasteiger partial charge in [-0.25, -0.2) is 9.67 Å². The highest BCUT2D eigenvalue weighted by atomic mass is 16.1. The molecule has 1 N–H and O–H groups in total. The monoisotopic (exact) mass is 323 g/mol. The van der Waals surface area contributed by atoms with Crippen LogP contribution in [0.5, 0.6) is 0 Å². The maximum atomic E-state index is 12.3. The van der Waals surface area contributed by atoms with Gasteiger partial charge in [-0.2, -0.15) is 5.10 Å². The molecule has 1 fully saturated rings. The predicted octanol–water partition coefficient (Wildman–Crippen LogP) is 3.23. The van der Waals surface area contributed by atoms with Crippen molar-refractivity contribution < 1.29 is 4.79 Å². The fourth-order valence-electron chi connectivity index (χ4n) is 3.13. The van der Waals surface area contributed by atoms with Crippen molar-refractivity contribution in [3.05, 3.63) is 42.9 Å². The smallest absolute Gasteiger partial charge is 0.227 e. The molecular formula is C18H21N5O. The van der Waals surface area contributed by atoms with Gasteiger partial charge in [0.15, 0.2) is 0 Å². The van der Waals surface area contributed by atoms with Gasteiger partial charge in [0.2, 0.25) is 5.91 Å². The van der Waals surface area contributed by atoms with Crippen molar-refractivity contribution in [2.75, 3.05) is 5.32 Å². The second kappa shape index (κ2) is 6.11. The maximum Gasteiger partial charge on any atom is 0.227 e. The number of para-hydroxylation sites is 2. The molecule has 124 valence electrons. The third kappa shape index (κ3) is 2.91. The summed E-state index contributed by atoms with van der Waals surface area (Å²) in [7, 11) is 0. The molecule has 1 atom stereocenters. The molecule has 1 aliphatic carbocycles.